The summed E-state index contributed by atoms with van der Waals surface area (Å²) in [5, 5.41) is 0.454. The number of ether oxygens (including phenoxy) is 1. The Morgan fingerprint density at radius 1 is 0.903 bits per heavy atom. The molecule has 0 bridgehead atoms. The number of ketones is 1. The minimum absolute atomic E-state index is 0.0715. The van der Waals surface area contributed by atoms with Crippen molar-refractivity contribution in [3.8, 4) is 11.4 Å². The van der Waals surface area contributed by atoms with Crippen LogP contribution >= 0.6 is 0 Å². The first-order chi connectivity index (χ1) is 15.0. The molecule has 0 unspecified atom stereocenters. The van der Waals surface area contributed by atoms with Crippen LogP contribution in [0, 0.1) is 0 Å². The fraction of sp³-hybridized carbons (Fsp3) is 0.160. The first-order valence-corrected chi connectivity index (χ1v) is 10.0. The third-order valence-corrected chi connectivity index (χ3v) is 5.32. The van der Waals surface area contributed by atoms with Crippen molar-refractivity contribution in [2.45, 2.75) is 19.9 Å². The predicted octanol–water partition coefficient (Wildman–Crippen LogP) is 3.80. The van der Waals surface area contributed by atoms with Crippen LogP contribution in [0.3, 0.4) is 0 Å². The lowest BCUT2D eigenvalue weighted by Crippen LogP contribution is -2.39. The van der Waals surface area contributed by atoms with Crippen molar-refractivity contribution in [3.05, 3.63) is 105 Å². The van der Waals surface area contributed by atoms with Gasteiger partial charge in [0, 0.05) is 12.0 Å². The van der Waals surface area contributed by atoms with Crippen LogP contribution in [-0.2, 0) is 6.54 Å². The molecule has 4 rings (SSSR count). The zero-order chi connectivity index (χ0) is 22.0. The second-order valence-corrected chi connectivity index (χ2v) is 7.20. The van der Waals surface area contributed by atoms with E-state index in [4.69, 9.17) is 4.74 Å². The number of nitrogens with zero attached hydrogens (tertiary/aromatic N) is 2. The number of rotatable bonds is 6. The molecule has 0 fully saturated rings. The maximum absolute atomic E-state index is 13.4. The highest BCUT2D eigenvalue weighted by atomic mass is 16.5. The average molecular weight is 414 g/mol. The number of fused-ring (bicyclic) bond motifs is 1. The van der Waals surface area contributed by atoms with Gasteiger partial charge < -0.3 is 4.74 Å². The van der Waals surface area contributed by atoms with Crippen LogP contribution in [0.15, 0.2) is 82.4 Å². The molecule has 1 heterocycles. The molecule has 0 atom stereocenters. The van der Waals surface area contributed by atoms with Gasteiger partial charge in [0.25, 0.3) is 5.56 Å². The van der Waals surface area contributed by atoms with Crippen molar-refractivity contribution >= 4 is 16.7 Å². The van der Waals surface area contributed by atoms with Gasteiger partial charge in [-0.2, -0.15) is 0 Å². The largest absolute Gasteiger partial charge is 0.497 e. The van der Waals surface area contributed by atoms with E-state index >= 15 is 0 Å². The smallest absolute Gasteiger partial charge is 0.336 e. The molecule has 0 spiro atoms. The third-order valence-electron chi connectivity index (χ3n) is 5.32. The Bertz CT molecular complexity index is 1360. The minimum Gasteiger partial charge on any atom is -0.497 e. The molecule has 0 saturated carbocycles. The summed E-state index contributed by atoms with van der Waals surface area (Å²) in [4.78, 5) is 38.5. The van der Waals surface area contributed by atoms with Crippen molar-refractivity contribution in [2.75, 3.05) is 7.11 Å². The lowest BCUT2D eigenvalue weighted by atomic mass is 10.1. The van der Waals surface area contributed by atoms with Gasteiger partial charge in [-0.1, -0.05) is 43.3 Å². The molecule has 31 heavy (non-hydrogen) atoms. The number of hydrogen-bond acceptors (Lipinski definition) is 4. The van der Waals surface area contributed by atoms with E-state index in [2.05, 4.69) is 0 Å². The molecule has 4 aromatic rings. The van der Waals surface area contributed by atoms with Crippen LogP contribution in [-0.4, -0.2) is 22.0 Å². The van der Waals surface area contributed by atoms with Crippen LogP contribution in [0.2, 0.25) is 0 Å². The van der Waals surface area contributed by atoms with E-state index in [0.717, 1.165) is 5.56 Å². The number of carbonyl (C=O) groups excluding carboxylic acids is 1. The number of carbonyl (C=O) groups is 1. The van der Waals surface area contributed by atoms with Crippen molar-refractivity contribution < 1.29 is 9.53 Å². The lowest BCUT2D eigenvalue weighted by Gasteiger charge is -2.15. The van der Waals surface area contributed by atoms with Crippen LogP contribution in [0.25, 0.3) is 16.6 Å². The average Bonchev–Trinajstić information content (AvgIpc) is 2.82. The van der Waals surface area contributed by atoms with Crippen LogP contribution in [0.5, 0.6) is 5.75 Å². The third kappa shape index (κ3) is 3.80. The van der Waals surface area contributed by atoms with Gasteiger partial charge in [0.15, 0.2) is 5.78 Å². The Labute approximate surface area is 179 Å². The molecular formula is C25H22N2O4. The quantitative estimate of drug-likeness (QED) is 0.450. The number of aromatic nitrogens is 2. The monoisotopic (exact) mass is 414 g/mol. The number of benzene rings is 3. The summed E-state index contributed by atoms with van der Waals surface area (Å²) in [5.74, 6) is 0.710. The topological polar surface area (TPSA) is 70.3 Å². The summed E-state index contributed by atoms with van der Waals surface area (Å²) < 4.78 is 7.94. The Balaban J connectivity index is 1.87. The zero-order valence-corrected chi connectivity index (χ0v) is 17.4. The fourth-order valence-electron chi connectivity index (χ4n) is 3.62. The number of para-hydroxylation sites is 1. The second kappa shape index (κ2) is 8.44. The molecule has 0 aliphatic heterocycles. The van der Waals surface area contributed by atoms with E-state index in [1.54, 1.807) is 72.3 Å². The standard InChI is InChI=1S/C25H22N2O4/c1-3-23(28)18-10-8-17(9-11-18)16-26-22-7-5-4-6-21(22)24(29)27(25(26)30)19-12-14-20(31-2)15-13-19/h4-15H,3,16H2,1-2H3. The highest BCUT2D eigenvalue weighted by Gasteiger charge is 2.15. The first kappa shape index (κ1) is 20.3. The van der Waals surface area contributed by atoms with E-state index in [1.807, 2.05) is 19.1 Å². The van der Waals surface area contributed by atoms with Crippen molar-refractivity contribution in [2.24, 2.45) is 0 Å². The summed E-state index contributed by atoms with van der Waals surface area (Å²) in [6.45, 7) is 2.10. The molecule has 0 radical (unpaired) electrons. The van der Waals surface area contributed by atoms with E-state index in [0.29, 0.717) is 34.3 Å². The number of Topliss-reactive ketones (excluding diaryl/α,β-unsaturated/α-hetero) is 1. The van der Waals surface area contributed by atoms with E-state index in [-0.39, 0.29) is 17.9 Å². The molecule has 156 valence electrons. The molecule has 0 aliphatic carbocycles. The molecule has 6 heteroatoms. The Morgan fingerprint density at radius 3 is 2.23 bits per heavy atom. The Kier molecular flexibility index (Phi) is 5.54. The van der Waals surface area contributed by atoms with Crippen LogP contribution < -0.4 is 16.0 Å². The van der Waals surface area contributed by atoms with Gasteiger partial charge in [-0.25, -0.2) is 9.36 Å². The fourth-order valence-corrected chi connectivity index (χ4v) is 3.62. The lowest BCUT2D eigenvalue weighted by molar-refractivity contribution is 0.0988. The first-order valence-electron chi connectivity index (χ1n) is 10.0. The Hall–Kier alpha value is -3.93. The number of methoxy groups -OCH3 is 1. The van der Waals surface area contributed by atoms with E-state index < -0.39 is 5.69 Å². The molecule has 0 saturated heterocycles. The predicted molar refractivity (Wildman–Crippen MR) is 121 cm³/mol. The second-order valence-electron chi connectivity index (χ2n) is 7.20. The number of hydrogen-bond donors (Lipinski definition) is 0. The highest BCUT2D eigenvalue weighted by molar-refractivity contribution is 5.95. The zero-order valence-electron chi connectivity index (χ0n) is 17.4. The van der Waals surface area contributed by atoms with Crippen molar-refractivity contribution in [1.29, 1.82) is 0 Å². The van der Waals surface area contributed by atoms with Crippen molar-refractivity contribution in [3.63, 3.8) is 0 Å². The van der Waals surface area contributed by atoms with Gasteiger partial charge in [-0.3, -0.25) is 14.2 Å². The van der Waals surface area contributed by atoms with Gasteiger partial charge in [0.2, 0.25) is 0 Å². The molecular weight excluding hydrogens is 392 g/mol. The van der Waals surface area contributed by atoms with Crippen LogP contribution in [0.1, 0.15) is 29.3 Å². The summed E-state index contributed by atoms with van der Waals surface area (Å²) in [7, 11) is 1.56. The van der Waals surface area contributed by atoms with E-state index in [1.165, 1.54) is 4.57 Å². The Morgan fingerprint density at radius 2 is 1.58 bits per heavy atom. The SMILES string of the molecule is CCC(=O)c1ccc(Cn2c(=O)n(-c3ccc(OC)cc3)c(=O)c3ccccc32)cc1. The minimum atomic E-state index is -0.428. The molecule has 6 nitrogen and oxygen atoms in total. The summed E-state index contributed by atoms with van der Waals surface area (Å²) >= 11 is 0. The maximum atomic E-state index is 13.4. The molecule has 3 aromatic carbocycles. The van der Waals surface area contributed by atoms with Gasteiger partial charge in [-0.05, 0) is 42.0 Å². The maximum Gasteiger partial charge on any atom is 0.336 e. The van der Waals surface area contributed by atoms with Gasteiger partial charge in [-0.15, -0.1) is 0 Å². The summed E-state index contributed by atoms with van der Waals surface area (Å²) in [6, 6.07) is 21.1. The summed E-state index contributed by atoms with van der Waals surface area (Å²) in [5.41, 5.74) is 1.75. The molecule has 0 aliphatic rings. The molecule has 0 amide bonds. The van der Waals surface area contributed by atoms with Gasteiger partial charge in [0.1, 0.15) is 5.75 Å². The van der Waals surface area contributed by atoms with E-state index in [9.17, 15) is 14.4 Å². The highest BCUT2D eigenvalue weighted by Crippen LogP contribution is 2.16. The van der Waals surface area contributed by atoms with Crippen molar-refractivity contribution in [1.82, 2.24) is 9.13 Å². The van der Waals surface area contributed by atoms with Crippen LogP contribution in [0.4, 0.5) is 0 Å². The molecule has 1 aromatic heterocycles. The van der Waals surface area contributed by atoms with Gasteiger partial charge in [0.05, 0.1) is 30.2 Å². The summed E-state index contributed by atoms with van der Waals surface area (Å²) in [6.07, 6.45) is 0.441. The van der Waals surface area contributed by atoms with Gasteiger partial charge >= 0.3 is 5.69 Å². The normalized spacial score (nSPS) is 10.9. The molecule has 0 N–H and O–H groups in total.